The van der Waals surface area contributed by atoms with Crippen LogP contribution in [0.4, 0.5) is 5.69 Å². The maximum absolute atomic E-state index is 13.6. The van der Waals surface area contributed by atoms with E-state index >= 15 is 0 Å². The van der Waals surface area contributed by atoms with Crippen molar-refractivity contribution in [2.24, 2.45) is 0 Å². The molecule has 1 aromatic heterocycles. The molecule has 7 heteroatoms. The van der Waals surface area contributed by atoms with Gasteiger partial charge in [-0.1, -0.05) is 18.2 Å². The number of benzene rings is 3. The van der Waals surface area contributed by atoms with Crippen LogP contribution in [0, 0.1) is 0 Å². The number of carbonyl (C=O) groups excluding carboxylic acids is 2. The van der Waals surface area contributed by atoms with Crippen LogP contribution in [-0.2, 0) is 0 Å². The lowest BCUT2D eigenvalue weighted by atomic mass is 9.97. The summed E-state index contributed by atoms with van der Waals surface area (Å²) in [6.07, 6.45) is 0. The summed E-state index contributed by atoms with van der Waals surface area (Å²) in [6.45, 7) is 3.60. The lowest BCUT2D eigenvalue weighted by Gasteiger charge is -2.26. The summed E-state index contributed by atoms with van der Waals surface area (Å²) >= 11 is 0. The molecule has 1 N–H and O–H groups in total. The summed E-state index contributed by atoms with van der Waals surface area (Å²) in [5, 5.41) is 10.6. The Morgan fingerprint density at radius 2 is 1.79 bits per heavy atom. The van der Waals surface area contributed by atoms with Gasteiger partial charge in [0.2, 0.25) is 5.76 Å². The van der Waals surface area contributed by atoms with Crippen LogP contribution in [0.25, 0.3) is 11.0 Å². The quantitative estimate of drug-likeness (QED) is 0.432. The minimum atomic E-state index is -0.814. The molecule has 3 aromatic carbocycles. The van der Waals surface area contributed by atoms with Crippen molar-refractivity contribution in [2.75, 3.05) is 11.5 Å². The second-order valence-electron chi connectivity index (χ2n) is 8.01. The number of aromatic hydroxyl groups is 1. The van der Waals surface area contributed by atoms with Crippen molar-refractivity contribution < 1.29 is 23.8 Å². The maximum Gasteiger partial charge on any atom is 0.295 e. The Morgan fingerprint density at radius 1 is 1.06 bits per heavy atom. The number of anilines is 1. The van der Waals surface area contributed by atoms with Crippen molar-refractivity contribution in [3.63, 3.8) is 0 Å². The third-order valence-electron chi connectivity index (χ3n) is 5.93. The van der Waals surface area contributed by atoms with Gasteiger partial charge in [0.05, 0.1) is 23.6 Å². The van der Waals surface area contributed by atoms with E-state index in [0.29, 0.717) is 34.4 Å². The zero-order valence-corrected chi connectivity index (χ0v) is 18.6. The number of carbonyl (C=O) groups is 2. The number of ether oxygens (including phenoxy) is 1. The Labute approximate surface area is 194 Å². The van der Waals surface area contributed by atoms with Gasteiger partial charge >= 0.3 is 0 Å². The predicted molar refractivity (Wildman–Crippen MR) is 127 cm³/mol. The number of hydrogen-bond acceptors (Lipinski definition) is 6. The van der Waals surface area contributed by atoms with Crippen molar-refractivity contribution >= 4 is 28.3 Å². The fourth-order valence-electron chi connectivity index (χ4n) is 4.33. The summed E-state index contributed by atoms with van der Waals surface area (Å²) in [5.41, 5.74) is 1.82. The molecule has 0 saturated carbocycles. The standard InChI is InChI=1S/C27H21NO6/c1-3-33-22-14-17(10-13-20(22)30)24-23-25(31)19-6-4-5-7-21(19)34-26(23)27(32)28(24)18-11-8-16(9-12-18)15(2)29/h4-14,24,30H,3H2,1-2H3. The van der Waals surface area contributed by atoms with Gasteiger partial charge in [-0.3, -0.25) is 19.3 Å². The maximum atomic E-state index is 13.6. The minimum absolute atomic E-state index is 0.0321. The Balaban J connectivity index is 1.76. The highest BCUT2D eigenvalue weighted by Crippen LogP contribution is 2.43. The summed E-state index contributed by atoms with van der Waals surface area (Å²) in [4.78, 5) is 40.4. The average molecular weight is 455 g/mol. The average Bonchev–Trinajstić information content (AvgIpc) is 3.13. The molecule has 2 heterocycles. The van der Waals surface area contributed by atoms with E-state index in [9.17, 15) is 19.5 Å². The largest absolute Gasteiger partial charge is 0.504 e. The molecule has 4 aromatic rings. The van der Waals surface area contributed by atoms with Gasteiger partial charge in [-0.2, -0.15) is 0 Å². The number of phenolic OH excluding ortho intramolecular Hbond substituents is 1. The molecule has 0 bridgehead atoms. The van der Waals surface area contributed by atoms with Crippen LogP contribution in [0.5, 0.6) is 11.5 Å². The molecule has 0 fully saturated rings. The van der Waals surface area contributed by atoms with E-state index in [4.69, 9.17) is 9.15 Å². The fraction of sp³-hybridized carbons (Fsp3) is 0.148. The predicted octanol–water partition coefficient (Wildman–Crippen LogP) is 4.85. The van der Waals surface area contributed by atoms with Gasteiger partial charge in [0.15, 0.2) is 22.7 Å². The summed E-state index contributed by atoms with van der Waals surface area (Å²) < 4.78 is 11.5. The second kappa shape index (κ2) is 8.19. The summed E-state index contributed by atoms with van der Waals surface area (Å²) in [7, 11) is 0. The third-order valence-corrected chi connectivity index (χ3v) is 5.93. The highest BCUT2D eigenvalue weighted by Gasteiger charge is 2.43. The number of nitrogens with zero attached hydrogens (tertiary/aromatic N) is 1. The van der Waals surface area contributed by atoms with Gasteiger partial charge < -0.3 is 14.3 Å². The van der Waals surface area contributed by atoms with Gasteiger partial charge in [0, 0.05) is 11.3 Å². The Morgan fingerprint density at radius 3 is 2.50 bits per heavy atom. The van der Waals surface area contributed by atoms with Crippen LogP contribution in [0.3, 0.4) is 0 Å². The molecule has 1 aliphatic heterocycles. The number of ketones is 1. The highest BCUT2D eigenvalue weighted by atomic mass is 16.5. The fourth-order valence-corrected chi connectivity index (χ4v) is 4.33. The molecule has 1 aliphatic rings. The first-order chi connectivity index (χ1) is 16.4. The Hall–Kier alpha value is -4.39. The first kappa shape index (κ1) is 21.5. The number of hydrogen-bond donors (Lipinski definition) is 1. The van der Waals surface area contributed by atoms with Crippen molar-refractivity contribution in [1.82, 2.24) is 0 Å². The number of Topliss-reactive ketones (excluding diaryl/α,β-unsaturated/α-hetero) is 1. The van der Waals surface area contributed by atoms with E-state index in [2.05, 4.69) is 0 Å². The van der Waals surface area contributed by atoms with Crippen LogP contribution in [0.1, 0.15) is 51.9 Å². The van der Waals surface area contributed by atoms with E-state index in [0.717, 1.165) is 0 Å². The zero-order valence-electron chi connectivity index (χ0n) is 18.6. The smallest absolute Gasteiger partial charge is 0.295 e. The number of amides is 1. The molecule has 1 unspecified atom stereocenters. The van der Waals surface area contributed by atoms with Crippen molar-refractivity contribution in [3.8, 4) is 11.5 Å². The SMILES string of the molecule is CCOc1cc(C2c3c(oc4ccccc4c3=O)C(=O)N2c2ccc(C(C)=O)cc2)ccc1O. The van der Waals surface area contributed by atoms with E-state index in [-0.39, 0.29) is 34.0 Å². The summed E-state index contributed by atoms with van der Waals surface area (Å²) in [5.74, 6) is -0.391. The van der Waals surface area contributed by atoms with Crippen LogP contribution >= 0.6 is 0 Å². The van der Waals surface area contributed by atoms with Gasteiger partial charge in [0.1, 0.15) is 5.58 Å². The first-order valence-electron chi connectivity index (χ1n) is 10.9. The molecule has 1 amide bonds. The Bertz CT molecular complexity index is 1500. The van der Waals surface area contributed by atoms with E-state index in [1.807, 2.05) is 0 Å². The molecule has 0 radical (unpaired) electrons. The molecular weight excluding hydrogens is 434 g/mol. The van der Waals surface area contributed by atoms with E-state index in [1.165, 1.54) is 17.9 Å². The van der Waals surface area contributed by atoms with Crippen LogP contribution in [0.15, 0.2) is 75.9 Å². The first-order valence-corrected chi connectivity index (χ1v) is 10.9. The lowest BCUT2D eigenvalue weighted by molar-refractivity contribution is 0.0970. The van der Waals surface area contributed by atoms with E-state index in [1.54, 1.807) is 67.6 Å². The van der Waals surface area contributed by atoms with Crippen LogP contribution in [-0.4, -0.2) is 23.4 Å². The molecule has 0 saturated heterocycles. The van der Waals surface area contributed by atoms with E-state index < -0.39 is 11.9 Å². The van der Waals surface area contributed by atoms with Crippen molar-refractivity contribution in [1.29, 1.82) is 0 Å². The minimum Gasteiger partial charge on any atom is -0.504 e. The van der Waals surface area contributed by atoms with Gasteiger partial charge in [0.25, 0.3) is 5.91 Å². The topological polar surface area (TPSA) is 97.0 Å². The molecular formula is C27H21NO6. The zero-order chi connectivity index (χ0) is 24.0. The number of rotatable bonds is 5. The molecule has 170 valence electrons. The lowest BCUT2D eigenvalue weighted by Crippen LogP contribution is -2.29. The monoisotopic (exact) mass is 455 g/mol. The third kappa shape index (κ3) is 3.33. The molecule has 7 nitrogen and oxygen atoms in total. The molecule has 0 aliphatic carbocycles. The van der Waals surface area contributed by atoms with Crippen LogP contribution in [0.2, 0.25) is 0 Å². The molecule has 0 spiro atoms. The van der Waals surface area contributed by atoms with Gasteiger partial charge in [-0.15, -0.1) is 0 Å². The second-order valence-corrected chi connectivity index (χ2v) is 8.01. The number of para-hydroxylation sites is 1. The normalized spacial score (nSPS) is 14.9. The molecule has 1 atom stereocenters. The molecule has 5 rings (SSSR count). The number of phenols is 1. The highest BCUT2D eigenvalue weighted by molar-refractivity contribution is 6.11. The van der Waals surface area contributed by atoms with Crippen molar-refractivity contribution in [3.05, 3.63) is 99.4 Å². The van der Waals surface area contributed by atoms with Gasteiger partial charge in [-0.05, 0) is 67.9 Å². The number of fused-ring (bicyclic) bond motifs is 2. The van der Waals surface area contributed by atoms with Crippen molar-refractivity contribution in [2.45, 2.75) is 19.9 Å². The van der Waals surface area contributed by atoms with Gasteiger partial charge in [-0.25, -0.2) is 0 Å². The Kier molecular flexibility index (Phi) is 5.17. The summed E-state index contributed by atoms with van der Waals surface area (Å²) in [6, 6.07) is 17.3. The molecule has 34 heavy (non-hydrogen) atoms. The van der Waals surface area contributed by atoms with Crippen LogP contribution < -0.4 is 15.1 Å².